The zero-order valence-electron chi connectivity index (χ0n) is 27.0. The number of allylic oxidation sites excluding steroid dienone is 12. The van der Waals surface area contributed by atoms with Crippen LogP contribution in [0.1, 0.15) is 78.6 Å². The van der Waals surface area contributed by atoms with Crippen molar-refractivity contribution in [3.8, 4) is 5.75 Å². The molecule has 3 N–H and O–H groups in total. The first-order chi connectivity index (χ1) is 21.3. The van der Waals surface area contributed by atoms with Crippen LogP contribution in [0, 0.1) is 0 Å². The summed E-state index contributed by atoms with van der Waals surface area (Å²) in [6.07, 6.45) is 34.1. The maximum Gasteiger partial charge on any atom is 0.263 e. The lowest BCUT2D eigenvalue weighted by Crippen LogP contribution is -2.48. The number of halogens is 1. The molecule has 1 aromatic carbocycles. The summed E-state index contributed by atoms with van der Waals surface area (Å²) in [5.74, 6) is 0.472. The van der Waals surface area contributed by atoms with Gasteiger partial charge in [-0.05, 0) is 96.0 Å². The van der Waals surface area contributed by atoms with Crippen LogP contribution < -0.4 is 20.7 Å². The number of nitrogens with one attached hydrogen (secondary N) is 3. The number of carbonyl (C=O) groups excluding carboxylic acids is 2. The van der Waals surface area contributed by atoms with E-state index in [0.717, 1.165) is 57.9 Å². The number of hydrogen-bond acceptors (Lipinski definition) is 4. The molecule has 0 aliphatic heterocycles. The van der Waals surface area contributed by atoms with Gasteiger partial charge in [-0.25, -0.2) is 0 Å². The van der Waals surface area contributed by atoms with Crippen LogP contribution >= 0.6 is 11.6 Å². The predicted molar refractivity (Wildman–Crippen MR) is 187 cm³/mol. The quantitative estimate of drug-likeness (QED) is 0.0801. The molecule has 44 heavy (non-hydrogen) atoms. The Balaban J connectivity index is 1.96. The van der Waals surface area contributed by atoms with Gasteiger partial charge in [0, 0.05) is 31.1 Å². The molecule has 0 bridgehead atoms. The van der Waals surface area contributed by atoms with E-state index >= 15 is 0 Å². The Labute approximate surface area is 271 Å². The molecule has 0 aliphatic rings. The highest BCUT2D eigenvalue weighted by Gasteiger charge is 2.29. The molecule has 7 heteroatoms. The van der Waals surface area contributed by atoms with Crippen LogP contribution in [0.2, 0.25) is 5.02 Å². The third-order valence-electron chi connectivity index (χ3n) is 6.31. The predicted octanol–water partition coefficient (Wildman–Crippen LogP) is 8.19. The Bertz CT molecular complexity index is 1090. The molecule has 1 rings (SSSR count). The molecule has 242 valence electrons. The molecule has 0 fully saturated rings. The molecule has 0 atom stereocenters. The van der Waals surface area contributed by atoms with Crippen molar-refractivity contribution in [2.75, 3.05) is 26.2 Å². The van der Waals surface area contributed by atoms with E-state index in [2.05, 4.69) is 95.8 Å². The van der Waals surface area contributed by atoms with Gasteiger partial charge in [0.15, 0.2) is 5.60 Å². The second-order valence-electron chi connectivity index (χ2n) is 10.7. The van der Waals surface area contributed by atoms with E-state index in [1.165, 1.54) is 0 Å². The van der Waals surface area contributed by atoms with Crippen LogP contribution in [-0.4, -0.2) is 43.6 Å². The van der Waals surface area contributed by atoms with Crippen molar-refractivity contribution >= 4 is 23.4 Å². The lowest BCUT2D eigenvalue weighted by Gasteiger charge is -2.25. The minimum absolute atomic E-state index is 0.0692. The van der Waals surface area contributed by atoms with Crippen molar-refractivity contribution in [1.29, 1.82) is 0 Å². The van der Waals surface area contributed by atoms with E-state index in [4.69, 9.17) is 16.3 Å². The second-order valence-corrected chi connectivity index (χ2v) is 11.2. The molecule has 0 saturated heterocycles. The van der Waals surface area contributed by atoms with Gasteiger partial charge in [0.2, 0.25) is 5.91 Å². The number of amides is 2. The van der Waals surface area contributed by atoms with E-state index in [-0.39, 0.29) is 11.8 Å². The summed E-state index contributed by atoms with van der Waals surface area (Å²) in [7, 11) is 0. The van der Waals surface area contributed by atoms with Gasteiger partial charge in [-0.1, -0.05) is 91.4 Å². The van der Waals surface area contributed by atoms with Gasteiger partial charge in [0.25, 0.3) is 5.91 Å². The normalized spacial score (nSPS) is 12.5. The van der Waals surface area contributed by atoms with Gasteiger partial charge in [-0.2, -0.15) is 0 Å². The number of benzene rings is 1. The standard InChI is InChI=1S/C37H54ClN3O3/c1-4-5-6-7-8-9-10-11-12-13-14-15-16-17-18-19-20-21-22-24-35(42)40-30-23-29-39-31-32-41-36(43)37(2,3)44-34-27-25-33(38)26-28-34/h5-6,8-9,11-12,14-15,17-18,20-21,25-28,39H,4,7,10,13,16,19,22-24,29-32H2,1-3H3,(H,40,42)(H,41,43)/b6-5-,9-8-,12-11-,15-14-,18-17-,21-20-. The summed E-state index contributed by atoms with van der Waals surface area (Å²) in [5.41, 5.74) is -0.997. The van der Waals surface area contributed by atoms with Crippen LogP contribution in [-0.2, 0) is 9.59 Å². The van der Waals surface area contributed by atoms with Gasteiger partial charge in [0.05, 0.1) is 0 Å². The zero-order chi connectivity index (χ0) is 32.1. The Hall–Kier alpha value is -3.35. The summed E-state index contributed by atoms with van der Waals surface area (Å²) < 4.78 is 5.80. The first-order valence-corrected chi connectivity index (χ1v) is 16.3. The molecule has 0 saturated carbocycles. The highest BCUT2D eigenvalue weighted by molar-refractivity contribution is 6.30. The van der Waals surface area contributed by atoms with Crippen molar-refractivity contribution in [1.82, 2.24) is 16.0 Å². The van der Waals surface area contributed by atoms with E-state index in [0.29, 0.717) is 36.8 Å². The topological polar surface area (TPSA) is 79.5 Å². The lowest BCUT2D eigenvalue weighted by molar-refractivity contribution is -0.134. The first kappa shape index (κ1) is 38.7. The Morgan fingerprint density at radius 1 is 0.705 bits per heavy atom. The molecular formula is C37H54ClN3O3. The summed E-state index contributed by atoms with van der Waals surface area (Å²) in [6.45, 7) is 8.13. The van der Waals surface area contributed by atoms with E-state index < -0.39 is 5.60 Å². The molecule has 0 aromatic heterocycles. The number of hydrogen-bond donors (Lipinski definition) is 3. The first-order valence-electron chi connectivity index (χ1n) is 16.0. The molecule has 0 unspecified atom stereocenters. The van der Waals surface area contributed by atoms with Crippen molar-refractivity contribution in [2.45, 2.75) is 84.2 Å². The molecule has 0 radical (unpaired) electrons. The average Bonchev–Trinajstić information content (AvgIpc) is 3.00. The van der Waals surface area contributed by atoms with Gasteiger partial charge in [0.1, 0.15) is 5.75 Å². The van der Waals surface area contributed by atoms with Crippen LogP contribution in [0.4, 0.5) is 0 Å². The molecular weight excluding hydrogens is 570 g/mol. The largest absolute Gasteiger partial charge is 0.478 e. The lowest BCUT2D eigenvalue weighted by atomic mass is 10.1. The molecule has 6 nitrogen and oxygen atoms in total. The third kappa shape index (κ3) is 22.2. The van der Waals surface area contributed by atoms with Gasteiger partial charge >= 0.3 is 0 Å². The molecule has 0 heterocycles. The molecule has 2 amide bonds. The van der Waals surface area contributed by atoms with Crippen LogP contribution in [0.25, 0.3) is 0 Å². The summed E-state index contributed by atoms with van der Waals surface area (Å²) in [4.78, 5) is 24.5. The Morgan fingerprint density at radius 2 is 1.23 bits per heavy atom. The highest BCUT2D eigenvalue weighted by Crippen LogP contribution is 2.21. The van der Waals surface area contributed by atoms with Gasteiger partial charge < -0.3 is 20.7 Å². The molecule has 1 aromatic rings. The Kier molecular flexibility index (Phi) is 22.9. The van der Waals surface area contributed by atoms with Crippen molar-refractivity contribution in [2.24, 2.45) is 0 Å². The fraction of sp³-hybridized carbons (Fsp3) is 0.459. The maximum atomic E-state index is 12.5. The summed E-state index contributed by atoms with van der Waals surface area (Å²) in [6, 6.07) is 6.93. The van der Waals surface area contributed by atoms with Crippen molar-refractivity contribution < 1.29 is 14.3 Å². The smallest absolute Gasteiger partial charge is 0.263 e. The van der Waals surface area contributed by atoms with Crippen LogP contribution in [0.15, 0.2) is 97.2 Å². The summed E-state index contributed by atoms with van der Waals surface area (Å²) in [5, 5.41) is 9.74. The number of carbonyl (C=O) groups is 2. The zero-order valence-corrected chi connectivity index (χ0v) is 27.8. The van der Waals surface area contributed by atoms with Crippen LogP contribution in [0.3, 0.4) is 0 Å². The minimum atomic E-state index is -0.997. The SMILES string of the molecule is CC/C=C\C/C=C\C/C=C\C/C=C\C/C=C\C/C=C\CCC(=O)NCCCNCCNC(=O)C(C)(C)Oc1ccc(Cl)cc1. The maximum absolute atomic E-state index is 12.5. The van der Waals surface area contributed by atoms with Crippen molar-refractivity contribution in [3.05, 3.63) is 102 Å². The third-order valence-corrected chi connectivity index (χ3v) is 6.56. The highest BCUT2D eigenvalue weighted by atomic mass is 35.5. The van der Waals surface area contributed by atoms with Crippen molar-refractivity contribution in [3.63, 3.8) is 0 Å². The Morgan fingerprint density at radius 3 is 1.77 bits per heavy atom. The average molecular weight is 624 g/mol. The van der Waals surface area contributed by atoms with Gasteiger partial charge in [-0.3, -0.25) is 9.59 Å². The molecule has 0 spiro atoms. The fourth-order valence-electron chi connectivity index (χ4n) is 3.83. The summed E-state index contributed by atoms with van der Waals surface area (Å²) >= 11 is 5.89. The number of ether oxygens (including phenoxy) is 1. The monoisotopic (exact) mass is 623 g/mol. The fourth-order valence-corrected chi connectivity index (χ4v) is 3.96. The molecule has 0 aliphatic carbocycles. The van der Waals surface area contributed by atoms with Crippen LogP contribution in [0.5, 0.6) is 5.75 Å². The van der Waals surface area contributed by atoms with E-state index in [1.807, 2.05) is 0 Å². The number of rotatable bonds is 24. The van der Waals surface area contributed by atoms with E-state index in [1.54, 1.807) is 38.1 Å². The van der Waals surface area contributed by atoms with Gasteiger partial charge in [-0.15, -0.1) is 0 Å². The minimum Gasteiger partial charge on any atom is -0.478 e. The van der Waals surface area contributed by atoms with E-state index in [9.17, 15) is 9.59 Å². The second kappa shape index (κ2) is 26.1.